The third-order valence-corrected chi connectivity index (χ3v) is 6.88. The first kappa shape index (κ1) is 31.3. The number of aromatic nitrogens is 1. The molecule has 230 valence electrons. The van der Waals surface area contributed by atoms with Gasteiger partial charge in [0.25, 0.3) is 5.91 Å². The van der Waals surface area contributed by atoms with Crippen molar-refractivity contribution in [1.82, 2.24) is 10.3 Å². The second-order valence-corrected chi connectivity index (χ2v) is 10.7. The second kappa shape index (κ2) is 14.0. The molecule has 13 heteroatoms. The highest BCUT2D eigenvalue weighted by molar-refractivity contribution is 5.98. The van der Waals surface area contributed by atoms with Gasteiger partial charge in [0, 0.05) is 12.3 Å². The molecule has 4 rings (SSSR count). The van der Waals surface area contributed by atoms with Crippen molar-refractivity contribution in [3.05, 3.63) is 53.9 Å². The molecule has 2 fully saturated rings. The molecule has 4 atom stereocenters. The van der Waals surface area contributed by atoms with Gasteiger partial charge >= 0.3 is 23.9 Å². The third-order valence-electron chi connectivity index (χ3n) is 6.88. The Hall–Kier alpha value is -4.68. The Morgan fingerprint density at radius 1 is 1.09 bits per heavy atom. The van der Waals surface area contributed by atoms with E-state index in [0.717, 1.165) is 30.7 Å². The molecule has 1 saturated carbocycles. The fourth-order valence-electron chi connectivity index (χ4n) is 4.30. The minimum Gasteiger partial charge on any atom is -0.504 e. The SMILES string of the molecule is CC(C)C(=O)OC1[C@H](C)OC(=O)[C@@H](NC(=O)c2nccc(O)c2OCOC(=O)C2CC2)COC(=O)[C@@H]1Cc1ccccc1. The van der Waals surface area contributed by atoms with Gasteiger partial charge in [0.2, 0.25) is 6.79 Å². The van der Waals surface area contributed by atoms with Crippen LogP contribution in [0.3, 0.4) is 0 Å². The van der Waals surface area contributed by atoms with E-state index in [2.05, 4.69) is 10.3 Å². The molecule has 1 aromatic carbocycles. The molecule has 1 aromatic heterocycles. The summed E-state index contributed by atoms with van der Waals surface area (Å²) in [5.74, 6) is -6.29. The molecular weight excluding hydrogens is 564 g/mol. The van der Waals surface area contributed by atoms with Crippen LogP contribution in [0, 0.1) is 17.8 Å². The normalized spacial score (nSPS) is 22.2. The monoisotopic (exact) mass is 598 g/mol. The third kappa shape index (κ3) is 8.21. The van der Waals surface area contributed by atoms with Crippen LogP contribution in [0.5, 0.6) is 11.5 Å². The lowest BCUT2D eigenvalue weighted by Gasteiger charge is -2.29. The summed E-state index contributed by atoms with van der Waals surface area (Å²) in [6.07, 6.45) is 0.449. The highest BCUT2D eigenvalue weighted by Crippen LogP contribution is 2.31. The Kier molecular flexibility index (Phi) is 10.2. The summed E-state index contributed by atoms with van der Waals surface area (Å²) in [6.45, 7) is 3.58. The number of esters is 4. The Bertz CT molecular complexity index is 1340. The lowest BCUT2D eigenvalue weighted by Crippen LogP contribution is -2.47. The van der Waals surface area contributed by atoms with E-state index in [0.29, 0.717) is 0 Å². The van der Waals surface area contributed by atoms with Crippen LogP contribution >= 0.6 is 0 Å². The minimum absolute atomic E-state index is 0.133. The Labute approximate surface area is 247 Å². The number of aromatic hydroxyl groups is 1. The lowest BCUT2D eigenvalue weighted by molar-refractivity contribution is -0.176. The van der Waals surface area contributed by atoms with Crippen LogP contribution in [-0.4, -0.2) is 71.5 Å². The van der Waals surface area contributed by atoms with Crippen LogP contribution in [0.2, 0.25) is 0 Å². The summed E-state index contributed by atoms with van der Waals surface area (Å²) in [6, 6.07) is 8.69. The van der Waals surface area contributed by atoms with Crippen molar-refractivity contribution in [3.8, 4) is 11.5 Å². The van der Waals surface area contributed by atoms with Gasteiger partial charge in [-0.2, -0.15) is 0 Å². The predicted molar refractivity (Wildman–Crippen MR) is 146 cm³/mol. The maximum atomic E-state index is 13.4. The number of benzene rings is 1. The molecule has 0 radical (unpaired) electrons. The highest BCUT2D eigenvalue weighted by Gasteiger charge is 2.42. The number of pyridine rings is 1. The molecule has 0 bridgehead atoms. The van der Waals surface area contributed by atoms with Gasteiger partial charge in [0.15, 0.2) is 29.3 Å². The molecule has 1 aliphatic carbocycles. The number of hydrogen-bond acceptors (Lipinski definition) is 12. The second-order valence-electron chi connectivity index (χ2n) is 10.7. The first-order valence-electron chi connectivity index (χ1n) is 13.9. The van der Waals surface area contributed by atoms with Crippen molar-refractivity contribution in [1.29, 1.82) is 0 Å². The van der Waals surface area contributed by atoms with Gasteiger partial charge in [-0.15, -0.1) is 0 Å². The van der Waals surface area contributed by atoms with E-state index >= 15 is 0 Å². The topological polar surface area (TPSA) is 177 Å². The molecule has 2 aromatic rings. The number of nitrogens with one attached hydrogen (secondary N) is 1. The standard InChI is InChI=1S/C30H34N2O11/c1-16(2)27(35)43-24-17(3)42-30(38)21(14-39-29(37)20(24)13-18-7-5-4-6-8-18)32-26(34)23-25(22(33)11-12-31-23)40-15-41-28(36)19-9-10-19/h4-8,11-12,16-17,19-21,24H,9-10,13-15H2,1-3H3,(H,31,33)(H,32,34)/t17-,20+,21-,24?/m0/s1. The lowest BCUT2D eigenvalue weighted by atomic mass is 9.91. The smallest absolute Gasteiger partial charge is 0.332 e. The average molecular weight is 599 g/mol. The first-order valence-corrected chi connectivity index (χ1v) is 13.9. The molecule has 2 heterocycles. The maximum Gasteiger partial charge on any atom is 0.332 e. The van der Waals surface area contributed by atoms with Gasteiger partial charge in [0.1, 0.15) is 18.6 Å². The molecular formula is C30H34N2O11. The molecule has 0 spiro atoms. The quantitative estimate of drug-likeness (QED) is 0.232. The zero-order valence-electron chi connectivity index (χ0n) is 24.0. The van der Waals surface area contributed by atoms with E-state index in [-0.39, 0.29) is 18.1 Å². The first-order chi connectivity index (χ1) is 20.5. The summed E-state index contributed by atoms with van der Waals surface area (Å²) in [7, 11) is 0. The number of hydrogen-bond donors (Lipinski definition) is 2. The van der Waals surface area contributed by atoms with Crippen LogP contribution in [-0.2, 0) is 44.5 Å². The van der Waals surface area contributed by atoms with Crippen molar-refractivity contribution >= 4 is 29.8 Å². The van der Waals surface area contributed by atoms with Crippen molar-refractivity contribution < 1.29 is 52.8 Å². The molecule has 43 heavy (non-hydrogen) atoms. The molecule has 2 aliphatic rings. The number of carbonyl (C=O) groups is 5. The number of nitrogens with zero attached hydrogens (tertiary/aromatic N) is 1. The zero-order chi connectivity index (χ0) is 31.1. The molecule has 1 unspecified atom stereocenters. The van der Waals surface area contributed by atoms with Crippen molar-refractivity contribution in [2.45, 2.75) is 58.3 Å². The highest BCUT2D eigenvalue weighted by atomic mass is 16.7. The van der Waals surface area contributed by atoms with Crippen molar-refractivity contribution in [2.24, 2.45) is 17.8 Å². The summed E-state index contributed by atoms with van der Waals surface area (Å²) < 4.78 is 27.0. The van der Waals surface area contributed by atoms with E-state index in [1.807, 2.05) is 6.07 Å². The predicted octanol–water partition coefficient (Wildman–Crippen LogP) is 2.09. The summed E-state index contributed by atoms with van der Waals surface area (Å²) in [5.41, 5.74) is 0.350. The van der Waals surface area contributed by atoms with E-state index in [1.165, 1.54) is 6.92 Å². The summed E-state index contributed by atoms with van der Waals surface area (Å²) in [5, 5.41) is 12.7. The summed E-state index contributed by atoms with van der Waals surface area (Å²) in [4.78, 5) is 68.0. The molecule has 2 N–H and O–H groups in total. The van der Waals surface area contributed by atoms with Crippen LogP contribution in [0.15, 0.2) is 42.6 Å². The van der Waals surface area contributed by atoms with Crippen molar-refractivity contribution in [2.75, 3.05) is 13.4 Å². The largest absolute Gasteiger partial charge is 0.504 e. The van der Waals surface area contributed by atoms with Gasteiger partial charge in [0.05, 0.1) is 11.8 Å². The van der Waals surface area contributed by atoms with Gasteiger partial charge in [-0.25, -0.2) is 9.78 Å². The van der Waals surface area contributed by atoms with E-state index < -0.39 is 84.7 Å². The van der Waals surface area contributed by atoms with Crippen LogP contribution in [0.4, 0.5) is 0 Å². The van der Waals surface area contributed by atoms with Crippen LogP contribution in [0.25, 0.3) is 0 Å². The fourth-order valence-corrected chi connectivity index (χ4v) is 4.30. The fraction of sp³-hybridized carbons (Fsp3) is 0.467. The molecule has 1 aliphatic heterocycles. The summed E-state index contributed by atoms with van der Waals surface area (Å²) >= 11 is 0. The maximum absolute atomic E-state index is 13.4. The number of cyclic esters (lactones) is 2. The molecule has 1 saturated heterocycles. The van der Waals surface area contributed by atoms with Crippen molar-refractivity contribution in [3.63, 3.8) is 0 Å². The Morgan fingerprint density at radius 3 is 2.49 bits per heavy atom. The number of rotatable bonds is 10. The molecule has 13 nitrogen and oxygen atoms in total. The number of amides is 1. The van der Waals surface area contributed by atoms with Crippen LogP contribution < -0.4 is 10.1 Å². The average Bonchev–Trinajstić information content (AvgIpc) is 3.83. The van der Waals surface area contributed by atoms with E-state index in [4.69, 9.17) is 23.7 Å². The van der Waals surface area contributed by atoms with Gasteiger partial charge < -0.3 is 34.1 Å². The Morgan fingerprint density at radius 2 is 1.81 bits per heavy atom. The van der Waals surface area contributed by atoms with E-state index in [9.17, 15) is 29.1 Å². The Balaban J connectivity index is 1.52. The van der Waals surface area contributed by atoms with E-state index in [1.54, 1.807) is 38.1 Å². The van der Waals surface area contributed by atoms with Gasteiger partial charge in [-0.1, -0.05) is 44.2 Å². The van der Waals surface area contributed by atoms with Gasteiger partial charge in [-0.05, 0) is 31.7 Å². The minimum atomic E-state index is -1.49. The number of ether oxygens (including phenoxy) is 5. The van der Waals surface area contributed by atoms with Crippen LogP contribution in [0.1, 0.15) is 49.7 Å². The zero-order valence-corrected chi connectivity index (χ0v) is 24.0. The molecule has 1 amide bonds. The number of carbonyl (C=O) groups excluding carboxylic acids is 5. The van der Waals surface area contributed by atoms with Gasteiger partial charge in [-0.3, -0.25) is 19.2 Å².